The Balaban J connectivity index is 1.88. The number of phenolic OH excluding ortho intramolecular Hbond substituents is 1. The third-order valence-electron chi connectivity index (χ3n) is 4.51. The normalized spacial score (nSPS) is 11.7. The first-order valence-electron chi connectivity index (χ1n) is 9.35. The van der Waals surface area contributed by atoms with Crippen molar-refractivity contribution in [1.29, 1.82) is 0 Å². The highest BCUT2D eigenvalue weighted by molar-refractivity contribution is 7.92. The van der Waals surface area contributed by atoms with Crippen molar-refractivity contribution in [2.75, 3.05) is 17.3 Å². The molecule has 0 aliphatic heterocycles. The van der Waals surface area contributed by atoms with Crippen molar-refractivity contribution in [3.05, 3.63) is 81.4 Å². The van der Waals surface area contributed by atoms with Crippen LogP contribution in [0.5, 0.6) is 11.5 Å². The smallest absolute Gasteiger partial charge is 0.295 e. The predicted octanol–water partition coefficient (Wildman–Crippen LogP) is 4.60. The van der Waals surface area contributed by atoms with E-state index in [0.717, 1.165) is 6.07 Å². The highest BCUT2D eigenvalue weighted by atomic mass is 35.5. The molecule has 3 N–H and O–H groups in total. The van der Waals surface area contributed by atoms with Crippen LogP contribution < -0.4 is 14.9 Å². The maximum Gasteiger partial charge on any atom is 0.295 e. The molecular weight excluding hydrogens is 472 g/mol. The number of nitrogens with one attached hydrogen (secondary N) is 2. The lowest BCUT2D eigenvalue weighted by Crippen LogP contribution is -2.13. The summed E-state index contributed by atoms with van der Waals surface area (Å²) in [7, 11) is -2.61. The van der Waals surface area contributed by atoms with Crippen molar-refractivity contribution in [3.63, 3.8) is 0 Å². The zero-order valence-electron chi connectivity index (χ0n) is 17.4. The molecule has 3 aromatic carbocycles. The number of hydrazone groups is 1. The summed E-state index contributed by atoms with van der Waals surface area (Å²) in [5.41, 5.74) is 2.91. The molecule has 0 amide bonds. The van der Waals surface area contributed by atoms with E-state index in [1.807, 2.05) is 0 Å². The van der Waals surface area contributed by atoms with Gasteiger partial charge in [0.15, 0.2) is 0 Å². The van der Waals surface area contributed by atoms with Crippen LogP contribution >= 0.6 is 11.6 Å². The number of halogens is 1. The molecular formula is C21H19ClN4O6S. The molecule has 0 spiro atoms. The van der Waals surface area contributed by atoms with Crippen LogP contribution in [0.25, 0.3) is 0 Å². The molecule has 0 radical (unpaired) electrons. The molecule has 0 aromatic heterocycles. The monoisotopic (exact) mass is 490 g/mol. The van der Waals surface area contributed by atoms with E-state index in [9.17, 15) is 23.6 Å². The molecule has 10 nitrogen and oxygen atoms in total. The summed E-state index contributed by atoms with van der Waals surface area (Å²) in [5.74, 6) is 0.481. The summed E-state index contributed by atoms with van der Waals surface area (Å²) in [5, 5.41) is 26.0. The fraction of sp³-hybridized carbons (Fsp3) is 0.0952. The molecule has 0 saturated carbocycles. The Morgan fingerprint density at radius 1 is 1.12 bits per heavy atom. The number of hydrogen-bond donors (Lipinski definition) is 3. The average molecular weight is 491 g/mol. The second-order valence-corrected chi connectivity index (χ2v) is 8.86. The van der Waals surface area contributed by atoms with Gasteiger partial charge in [-0.25, -0.2) is 8.42 Å². The number of hydrogen-bond acceptors (Lipinski definition) is 8. The topological polar surface area (TPSA) is 143 Å². The first-order chi connectivity index (χ1) is 15.6. The molecule has 3 rings (SSSR count). The fourth-order valence-corrected chi connectivity index (χ4v) is 4.05. The number of benzene rings is 3. The van der Waals surface area contributed by atoms with E-state index in [2.05, 4.69) is 15.2 Å². The number of sulfonamides is 1. The van der Waals surface area contributed by atoms with Crippen LogP contribution in [0.4, 0.5) is 17.1 Å². The molecule has 0 saturated heterocycles. The van der Waals surface area contributed by atoms with Gasteiger partial charge in [-0.2, -0.15) is 5.10 Å². The Morgan fingerprint density at radius 3 is 2.45 bits per heavy atom. The molecule has 0 heterocycles. The zero-order valence-corrected chi connectivity index (χ0v) is 19.0. The van der Waals surface area contributed by atoms with Crippen molar-refractivity contribution < 1.29 is 23.2 Å². The van der Waals surface area contributed by atoms with Crippen LogP contribution in [0.15, 0.2) is 70.7 Å². The molecule has 0 fully saturated rings. The summed E-state index contributed by atoms with van der Waals surface area (Å²) < 4.78 is 32.8. The number of nitrogens with zero attached hydrogens (tertiary/aromatic N) is 2. The van der Waals surface area contributed by atoms with Crippen LogP contribution in [0.1, 0.15) is 12.5 Å². The molecule has 0 bridgehead atoms. The summed E-state index contributed by atoms with van der Waals surface area (Å²) in [4.78, 5) is 10.5. The van der Waals surface area contributed by atoms with Gasteiger partial charge in [-0.05, 0) is 61.5 Å². The SMILES string of the molecule is COc1ccc(NS(=O)(=O)c2ccc(NN=C(C)c3cc(Cl)ccc3O)c([N+](=O)[O-])c2)cc1. The van der Waals surface area contributed by atoms with Crippen molar-refractivity contribution >= 4 is 44.4 Å². The quantitative estimate of drug-likeness (QED) is 0.238. The standard InChI is InChI=1S/C21H19ClN4O6S/c1-13(18-11-14(22)3-10-21(18)27)23-24-19-9-8-17(12-20(19)26(28)29)33(30,31)25-15-4-6-16(32-2)7-5-15/h3-12,24-25,27H,1-2H3. The van der Waals surface area contributed by atoms with Crippen LogP contribution in [0.2, 0.25) is 5.02 Å². The van der Waals surface area contributed by atoms with E-state index < -0.39 is 20.6 Å². The van der Waals surface area contributed by atoms with Crippen LogP contribution in [-0.2, 0) is 10.0 Å². The first-order valence-corrected chi connectivity index (χ1v) is 11.2. The molecule has 0 aliphatic rings. The molecule has 0 atom stereocenters. The molecule has 0 aliphatic carbocycles. The van der Waals surface area contributed by atoms with E-state index in [1.54, 1.807) is 19.1 Å². The van der Waals surface area contributed by atoms with Crippen molar-refractivity contribution in [2.24, 2.45) is 5.10 Å². The van der Waals surface area contributed by atoms with Gasteiger partial charge in [-0.1, -0.05) is 11.6 Å². The fourth-order valence-electron chi connectivity index (χ4n) is 2.80. The van der Waals surface area contributed by atoms with E-state index >= 15 is 0 Å². The van der Waals surface area contributed by atoms with Gasteiger partial charge in [0.25, 0.3) is 15.7 Å². The molecule has 172 valence electrons. The molecule has 3 aromatic rings. The largest absolute Gasteiger partial charge is 0.507 e. The van der Waals surface area contributed by atoms with Gasteiger partial charge in [0, 0.05) is 22.3 Å². The van der Waals surface area contributed by atoms with Gasteiger partial charge in [0.2, 0.25) is 0 Å². The second kappa shape index (κ2) is 9.76. The van der Waals surface area contributed by atoms with Gasteiger partial charge in [-0.3, -0.25) is 20.3 Å². The molecule has 33 heavy (non-hydrogen) atoms. The number of anilines is 2. The Kier molecular flexibility index (Phi) is 7.04. The lowest BCUT2D eigenvalue weighted by molar-refractivity contribution is -0.384. The number of ether oxygens (including phenoxy) is 1. The molecule has 12 heteroatoms. The lowest BCUT2D eigenvalue weighted by Gasteiger charge is -2.10. The van der Waals surface area contributed by atoms with Gasteiger partial charge in [0.05, 0.1) is 22.6 Å². The van der Waals surface area contributed by atoms with Gasteiger partial charge in [-0.15, -0.1) is 0 Å². The van der Waals surface area contributed by atoms with Crippen molar-refractivity contribution in [3.8, 4) is 11.5 Å². The van der Waals surface area contributed by atoms with Crippen molar-refractivity contribution in [1.82, 2.24) is 0 Å². The second-order valence-electron chi connectivity index (χ2n) is 6.74. The number of methoxy groups -OCH3 is 1. The molecule has 0 unspecified atom stereocenters. The van der Waals surface area contributed by atoms with E-state index in [-0.39, 0.29) is 22.0 Å². The minimum atomic E-state index is -4.10. The Morgan fingerprint density at radius 2 is 1.82 bits per heavy atom. The number of nitro benzene ring substituents is 1. The average Bonchev–Trinajstić information content (AvgIpc) is 2.79. The van der Waals surface area contributed by atoms with Gasteiger partial charge < -0.3 is 9.84 Å². The van der Waals surface area contributed by atoms with E-state index in [4.69, 9.17) is 16.3 Å². The number of nitro groups is 1. The predicted molar refractivity (Wildman–Crippen MR) is 126 cm³/mol. The maximum absolute atomic E-state index is 12.7. The number of aromatic hydroxyl groups is 1. The highest BCUT2D eigenvalue weighted by Crippen LogP contribution is 2.29. The lowest BCUT2D eigenvalue weighted by atomic mass is 10.1. The third kappa shape index (κ3) is 5.70. The summed E-state index contributed by atoms with van der Waals surface area (Å²) in [6, 6.07) is 13.9. The van der Waals surface area contributed by atoms with Crippen LogP contribution in [0, 0.1) is 10.1 Å². The van der Waals surface area contributed by atoms with Crippen molar-refractivity contribution in [2.45, 2.75) is 11.8 Å². The van der Waals surface area contributed by atoms with Gasteiger partial charge in [0.1, 0.15) is 17.2 Å². The Hall–Kier alpha value is -3.83. The summed E-state index contributed by atoms with van der Waals surface area (Å²) >= 11 is 5.93. The van der Waals surface area contributed by atoms with Crippen LogP contribution in [0.3, 0.4) is 0 Å². The van der Waals surface area contributed by atoms with E-state index in [1.165, 1.54) is 49.6 Å². The highest BCUT2D eigenvalue weighted by Gasteiger charge is 2.22. The Labute approximate surface area is 194 Å². The zero-order chi connectivity index (χ0) is 24.2. The first kappa shape index (κ1) is 23.8. The number of phenols is 1. The minimum absolute atomic E-state index is 0.0377. The Bertz CT molecular complexity index is 1330. The van der Waals surface area contributed by atoms with E-state index in [0.29, 0.717) is 22.0 Å². The summed E-state index contributed by atoms with van der Waals surface area (Å²) in [6.45, 7) is 1.57. The number of rotatable bonds is 8. The third-order valence-corrected chi connectivity index (χ3v) is 6.12. The van der Waals surface area contributed by atoms with Gasteiger partial charge >= 0.3 is 0 Å². The maximum atomic E-state index is 12.7. The summed E-state index contributed by atoms with van der Waals surface area (Å²) in [6.07, 6.45) is 0. The van der Waals surface area contributed by atoms with Crippen LogP contribution in [-0.4, -0.2) is 31.3 Å². The minimum Gasteiger partial charge on any atom is -0.507 e.